The lowest BCUT2D eigenvalue weighted by Crippen LogP contribution is -2.55. The van der Waals surface area contributed by atoms with Crippen molar-refractivity contribution in [1.82, 2.24) is 24.5 Å². The highest BCUT2D eigenvalue weighted by Gasteiger charge is 2.37. The van der Waals surface area contributed by atoms with Crippen molar-refractivity contribution in [3.8, 4) is 0 Å². The van der Waals surface area contributed by atoms with Gasteiger partial charge in [-0.15, -0.1) is 0 Å². The van der Waals surface area contributed by atoms with Crippen molar-refractivity contribution in [2.75, 3.05) is 30.4 Å². The minimum absolute atomic E-state index is 0.0556. The molecule has 39 heavy (non-hydrogen) atoms. The second kappa shape index (κ2) is 11.5. The van der Waals surface area contributed by atoms with Gasteiger partial charge in [0, 0.05) is 49.9 Å². The first kappa shape index (κ1) is 26.8. The van der Waals surface area contributed by atoms with Crippen molar-refractivity contribution in [1.29, 1.82) is 0 Å². The van der Waals surface area contributed by atoms with Crippen molar-refractivity contribution in [2.24, 2.45) is 0 Å². The Bertz CT molecular complexity index is 1380. The van der Waals surface area contributed by atoms with Crippen LogP contribution in [0, 0.1) is 0 Å². The molecular weight excluding hydrogens is 494 g/mol. The zero-order valence-electron chi connectivity index (χ0n) is 22.9. The maximum absolute atomic E-state index is 12.9. The highest BCUT2D eigenvalue weighted by molar-refractivity contribution is 5.98. The van der Waals surface area contributed by atoms with Gasteiger partial charge in [-0.25, -0.2) is 0 Å². The van der Waals surface area contributed by atoms with Gasteiger partial charge in [-0.05, 0) is 43.2 Å². The molecule has 1 aromatic carbocycles. The summed E-state index contributed by atoms with van der Waals surface area (Å²) in [6.45, 7) is 12.2. The maximum Gasteiger partial charge on any atom is 0.249 e. The number of carbonyl (C=O) groups is 2. The van der Waals surface area contributed by atoms with Gasteiger partial charge in [0.05, 0.1) is 12.2 Å². The summed E-state index contributed by atoms with van der Waals surface area (Å²) in [6, 6.07) is 7.86. The fraction of sp³-hybridized carbons (Fsp3) is 0.483. The first-order valence-electron chi connectivity index (χ1n) is 13.7. The van der Waals surface area contributed by atoms with Gasteiger partial charge in [-0.3, -0.25) is 9.59 Å². The Morgan fingerprint density at radius 1 is 1.15 bits per heavy atom. The fourth-order valence-electron chi connectivity index (χ4n) is 5.07. The van der Waals surface area contributed by atoms with Gasteiger partial charge in [0.1, 0.15) is 0 Å². The van der Waals surface area contributed by atoms with Crippen molar-refractivity contribution in [3.63, 3.8) is 0 Å². The van der Waals surface area contributed by atoms with Crippen LogP contribution in [0.25, 0.3) is 5.65 Å². The van der Waals surface area contributed by atoms with Gasteiger partial charge in [-0.1, -0.05) is 44.7 Å². The van der Waals surface area contributed by atoms with E-state index in [2.05, 4.69) is 36.2 Å². The van der Waals surface area contributed by atoms with Gasteiger partial charge in [-0.2, -0.15) is 19.6 Å². The van der Waals surface area contributed by atoms with E-state index in [4.69, 9.17) is 14.7 Å². The zero-order valence-corrected chi connectivity index (χ0v) is 22.9. The van der Waals surface area contributed by atoms with Crippen LogP contribution in [-0.4, -0.2) is 68.0 Å². The molecule has 206 valence electrons. The first-order chi connectivity index (χ1) is 18.8. The molecule has 10 heteroatoms. The van der Waals surface area contributed by atoms with Crippen LogP contribution in [0.3, 0.4) is 0 Å². The number of hydrogen-bond acceptors (Lipinski definition) is 8. The predicted molar refractivity (Wildman–Crippen MR) is 150 cm³/mol. The SMILES string of the molecule is C=C(C)C(=O)N1CCC1C(=O)Cc1cccc(CNc2nc(NC3CCOCC3)nc3c(C(C)C)cnn23)c1. The van der Waals surface area contributed by atoms with E-state index in [9.17, 15) is 9.59 Å². The van der Waals surface area contributed by atoms with Gasteiger partial charge in [0.25, 0.3) is 0 Å². The Kier molecular flexibility index (Phi) is 7.92. The largest absolute Gasteiger partial charge is 0.381 e. The van der Waals surface area contributed by atoms with Crippen molar-refractivity contribution in [3.05, 3.63) is 59.3 Å². The van der Waals surface area contributed by atoms with Gasteiger partial charge in [0.15, 0.2) is 11.4 Å². The number of fused-ring (bicyclic) bond motifs is 1. The van der Waals surface area contributed by atoms with E-state index in [0.29, 0.717) is 37.0 Å². The number of aromatic nitrogens is 4. The Hall–Kier alpha value is -3.79. The van der Waals surface area contributed by atoms with Crippen LogP contribution in [0.4, 0.5) is 11.9 Å². The number of anilines is 2. The molecule has 1 unspecified atom stereocenters. The van der Waals surface area contributed by atoms with Crippen LogP contribution in [0.5, 0.6) is 0 Å². The number of ketones is 1. The Morgan fingerprint density at radius 3 is 2.62 bits per heavy atom. The standard InChI is InChI=1S/C29H37N7O3/c1-18(2)23-17-31-36-26(23)33-28(32-22-9-12-39-13-10-22)34-29(36)30-16-21-7-5-6-20(14-21)15-25(37)24-8-11-35(24)27(38)19(3)4/h5-7,14,17-18,22,24H,3,8-13,15-16H2,1-2,4H3,(H2,30,32,33,34). The molecule has 0 aliphatic carbocycles. The number of hydrogen-bond donors (Lipinski definition) is 2. The summed E-state index contributed by atoms with van der Waals surface area (Å²) in [5.41, 5.74) is 4.25. The van der Waals surface area contributed by atoms with E-state index in [0.717, 1.165) is 48.4 Å². The summed E-state index contributed by atoms with van der Waals surface area (Å²) in [4.78, 5) is 36.4. The molecule has 0 saturated carbocycles. The first-order valence-corrected chi connectivity index (χ1v) is 13.7. The molecule has 2 aliphatic rings. The van der Waals surface area contributed by atoms with Gasteiger partial charge >= 0.3 is 0 Å². The molecule has 2 aliphatic heterocycles. The summed E-state index contributed by atoms with van der Waals surface area (Å²) < 4.78 is 7.24. The number of carbonyl (C=O) groups excluding carboxylic acids is 2. The lowest BCUT2D eigenvalue weighted by molar-refractivity contribution is -0.143. The van der Waals surface area contributed by atoms with Crippen molar-refractivity contribution < 1.29 is 14.3 Å². The van der Waals surface area contributed by atoms with Gasteiger partial charge < -0.3 is 20.3 Å². The molecule has 2 aromatic heterocycles. The van der Waals surface area contributed by atoms with E-state index < -0.39 is 0 Å². The highest BCUT2D eigenvalue weighted by Crippen LogP contribution is 2.24. The smallest absolute Gasteiger partial charge is 0.249 e. The molecule has 2 fully saturated rings. The molecule has 10 nitrogen and oxygen atoms in total. The number of rotatable bonds is 10. The van der Waals surface area contributed by atoms with E-state index in [1.807, 2.05) is 30.5 Å². The number of amides is 1. The Balaban J connectivity index is 1.30. The minimum atomic E-state index is -0.359. The van der Waals surface area contributed by atoms with Crippen molar-refractivity contribution >= 4 is 29.2 Å². The summed E-state index contributed by atoms with van der Waals surface area (Å²) >= 11 is 0. The average Bonchev–Trinajstić information content (AvgIpc) is 3.32. The third-order valence-electron chi connectivity index (χ3n) is 7.41. The second-order valence-corrected chi connectivity index (χ2v) is 10.8. The number of nitrogens with zero attached hydrogens (tertiary/aromatic N) is 5. The molecule has 5 rings (SSSR count). The molecule has 3 aromatic rings. The third-order valence-corrected chi connectivity index (χ3v) is 7.41. The van der Waals surface area contributed by atoms with Gasteiger partial charge in [0.2, 0.25) is 17.8 Å². The number of likely N-dealkylation sites (tertiary alicyclic amines) is 1. The molecule has 0 bridgehead atoms. The number of Topliss-reactive ketones (excluding diaryl/α,β-unsaturated/α-hetero) is 1. The van der Waals surface area contributed by atoms with Crippen LogP contribution in [0.1, 0.15) is 62.6 Å². The number of benzene rings is 1. The van der Waals surface area contributed by atoms with E-state index >= 15 is 0 Å². The fourth-order valence-corrected chi connectivity index (χ4v) is 5.07. The highest BCUT2D eigenvalue weighted by atomic mass is 16.5. The lowest BCUT2D eigenvalue weighted by atomic mass is 9.93. The molecule has 0 spiro atoms. The van der Waals surface area contributed by atoms with Crippen molar-refractivity contribution in [2.45, 2.75) is 71.0 Å². The Morgan fingerprint density at radius 2 is 1.92 bits per heavy atom. The number of ether oxygens (including phenoxy) is 1. The molecule has 2 saturated heterocycles. The van der Waals surface area contributed by atoms with E-state index in [1.54, 1.807) is 16.3 Å². The summed E-state index contributed by atoms with van der Waals surface area (Å²) in [5.74, 6) is 1.37. The monoisotopic (exact) mass is 531 g/mol. The minimum Gasteiger partial charge on any atom is -0.381 e. The molecule has 0 radical (unpaired) electrons. The van der Waals surface area contributed by atoms with E-state index in [1.165, 1.54) is 0 Å². The van der Waals surface area contributed by atoms with Crippen LogP contribution < -0.4 is 10.6 Å². The predicted octanol–water partition coefficient (Wildman–Crippen LogP) is 3.74. The Labute approximate surface area is 228 Å². The molecule has 1 amide bonds. The van der Waals surface area contributed by atoms with Crippen LogP contribution >= 0.6 is 0 Å². The lowest BCUT2D eigenvalue weighted by Gasteiger charge is -2.40. The maximum atomic E-state index is 12.9. The summed E-state index contributed by atoms with van der Waals surface area (Å²) in [5, 5.41) is 11.5. The van der Waals surface area contributed by atoms with Crippen LogP contribution in [0.2, 0.25) is 0 Å². The normalized spacial score (nSPS) is 17.7. The third kappa shape index (κ3) is 5.95. The van der Waals surface area contributed by atoms with Crippen LogP contribution in [-0.2, 0) is 27.3 Å². The zero-order chi connectivity index (χ0) is 27.5. The topological polar surface area (TPSA) is 114 Å². The second-order valence-electron chi connectivity index (χ2n) is 10.8. The van der Waals surface area contributed by atoms with Crippen LogP contribution in [0.15, 0.2) is 42.6 Å². The number of nitrogens with one attached hydrogen (secondary N) is 2. The molecule has 4 heterocycles. The summed E-state index contributed by atoms with van der Waals surface area (Å²) in [6.07, 6.45) is 4.67. The quantitative estimate of drug-likeness (QED) is 0.381. The molecule has 2 N–H and O–H groups in total. The van der Waals surface area contributed by atoms with E-state index in [-0.39, 0.29) is 36.1 Å². The summed E-state index contributed by atoms with van der Waals surface area (Å²) in [7, 11) is 0. The molecular formula is C29H37N7O3. The molecule has 1 atom stereocenters. The average molecular weight is 532 g/mol.